The fourth-order valence-corrected chi connectivity index (χ4v) is 2.27. The third-order valence-electron chi connectivity index (χ3n) is 3.04. The van der Waals surface area contributed by atoms with E-state index in [9.17, 15) is 0 Å². The van der Waals surface area contributed by atoms with Crippen LogP contribution in [0.3, 0.4) is 0 Å². The molecule has 0 aromatic carbocycles. The van der Waals surface area contributed by atoms with Gasteiger partial charge in [0.2, 0.25) is 0 Å². The Balaban J connectivity index is 2.54. The van der Waals surface area contributed by atoms with Crippen LogP contribution in [-0.4, -0.2) is 11.7 Å². The molecule has 0 aliphatic carbocycles. The highest BCUT2D eigenvalue weighted by molar-refractivity contribution is 4.83. The minimum absolute atomic E-state index is 0.116. The second-order valence-electron chi connectivity index (χ2n) is 5.03. The number of rotatable bonds is 1. The monoisotopic (exact) mass is 170 g/mol. The van der Waals surface area contributed by atoms with Crippen LogP contribution in [0.4, 0.5) is 0 Å². The lowest BCUT2D eigenvalue weighted by atomic mass is 9.81. The quantitative estimate of drug-likeness (QED) is 0.587. The Kier molecular flexibility index (Phi) is 2.82. The van der Waals surface area contributed by atoms with Crippen LogP contribution in [0.2, 0.25) is 0 Å². The first-order valence-electron chi connectivity index (χ1n) is 5.10. The van der Waals surface area contributed by atoms with Crippen molar-refractivity contribution in [2.24, 2.45) is 11.8 Å². The minimum Gasteiger partial charge on any atom is -0.372 e. The maximum Gasteiger partial charge on any atom is 0.0630 e. The van der Waals surface area contributed by atoms with Gasteiger partial charge in [-0.2, -0.15) is 0 Å². The lowest BCUT2D eigenvalue weighted by Crippen LogP contribution is -2.41. The molecule has 1 rings (SSSR count). The lowest BCUT2D eigenvalue weighted by molar-refractivity contribution is -0.134. The van der Waals surface area contributed by atoms with E-state index in [4.69, 9.17) is 4.74 Å². The summed E-state index contributed by atoms with van der Waals surface area (Å²) in [7, 11) is 0. The lowest BCUT2D eigenvalue weighted by Gasteiger charge is -2.41. The second kappa shape index (κ2) is 3.37. The molecular formula is C11H22O. The van der Waals surface area contributed by atoms with E-state index in [1.807, 2.05) is 0 Å². The van der Waals surface area contributed by atoms with E-state index >= 15 is 0 Å². The summed E-state index contributed by atoms with van der Waals surface area (Å²) in [6.07, 6.45) is 2.97. The van der Waals surface area contributed by atoms with Crippen LogP contribution in [0.15, 0.2) is 0 Å². The standard InChI is InChI=1S/C11H22O/c1-8(2)10-6-7-11(4,5)12-9(10)3/h8-10H,6-7H2,1-5H3. The van der Waals surface area contributed by atoms with Crippen molar-refractivity contribution in [1.29, 1.82) is 0 Å². The van der Waals surface area contributed by atoms with Gasteiger partial charge in [-0.25, -0.2) is 0 Å². The average Bonchev–Trinajstić information content (AvgIpc) is 1.83. The predicted molar refractivity (Wildman–Crippen MR) is 52.2 cm³/mol. The van der Waals surface area contributed by atoms with Gasteiger partial charge in [0.05, 0.1) is 11.7 Å². The summed E-state index contributed by atoms with van der Waals surface area (Å²) in [6, 6.07) is 0. The highest BCUT2D eigenvalue weighted by Gasteiger charge is 2.34. The van der Waals surface area contributed by atoms with E-state index in [0.29, 0.717) is 6.10 Å². The molecule has 1 aliphatic rings. The molecule has 0 N–H and O–H groups in total. The van der Waals surface area contributed by atoms with Crippen LogP contribution in [0.1, 0.15) is 47.5 Å². The normalized spacial score (nSPS) is 35.5. The van der Waals surface area contributed by atoms with Gasteiger partial charge < -0.3 is 4.74 Å². The fraction of sp³-hybridized carbons (Fsp3) is 1.00. The number of hydrogen-bond acceptors (Lipinski definition) is 1. The van der Waals surface area contributed by atoms with E-state index in [1.165, 1.54) is 12.8 Å². The van der Waals surface area contributed by atoms with Crippen LogP contribution >= 0.6 is 0 Å². The molecule has 2 unspecified atom stereocenters. The average molecular weight is 170 g/mol. The summed E-state index contributed by atoms with van der Waals surface area (Å²) in [6.45, 7) is 11.2. The Bertz CT molecular complexity index is 149. The molecule has 0 aromatic heterocycles. The first-order valence-corrected chi connectivity index (χ1v) is 5.10. The Labute approximate surface area is 76.5 Å². The minimum atomic E-state index is 0.116. The molecule has 12 heavy (non-hydrogen) atoms. The van der Waals surface area contributed by atoms with Crippen molar-refractivity contribution in [2.45, 2.75) is 59.2 Å². The third-order valence-corrected chi connectivity index (χ3v) is 3.04. The van der Waals surface area contributed by atoms with Crippen molar-refractivity contribution >= 4 is 0 Å². The van der Waals surface area contributed by atoms with Crippen LogP contribution in [-0.2, 0) is 4.74 Å². The van der Waals surface area contributed by atoms with Gasteiger partial charge in [0.1, 0.15) is 0 Å². The third kappa shape index (κ3) is 2.22. The SMILES string of the molecule is CC(C)C1CCC(C)(C)OC1C. The van der Waals surface area contributed by atoms with Crippen LogP contribution in [0.5, 0.6) is 0 Å². The van der Waals surface area contributed by atoms with Crippen LogP contribution in [0, 0.1) is 11.8 Å². The van der Waals surface area contributed by atoms with E-state index in [0.717, 1.165) is 11.8 Å². The second-order valence-corrected chi connectivity index (χ2v) is 5.03. The van der Waals surface area contributed by atoms with Gasteiger partial charge in [0.15, 0.2) is 0 Å². The molecule has 0 radical (unpaired) electrons. The van der Waals surface area contributed by atoms with E-state index in [2.05, 4.69) is 34.6 Å². The van der Waals surface area contributed by atoms with Gasteiger partial charge in [0.25, 0.3) is 0 Å². The topological polar surface area (TPSA) is 9.23 Å². The largest absolute Gasteiger partial charge is 0.372 e. The van der Waals surface area contributed by atoms with Gasteiger partial charge in [0, 0.05) is 0 Å². The maximum atomic E-state index is 5.95. The number of ether oxygens (including phenoxy) is 1. The molecule has 0 aromatic rings. The highest BCUT2D eigenvalue weighted by atomic mass is 16.5. The van der Waals surface area contributed by atoms with Gasteiger partial charge in [-0.05, 0) is 45.4 Å². The van der Waals surface area contributed by atoms with Gasteiger partial charge in [-0.1, -0.05) is 13.8 Å². The molecule has 0 amide bonds. The smallest absolute Gasteiger partial charge is 0.0630 e. The van der Waals surface area contributed by atoms with Crippen molar-refractivity contribution < 1.29 is 4.74 Å². The molecule has 1 fully saturated rings. The van der Waals surface area contributed by atoms with Gasteiger partial charge >= 0.3 is 0 Å². The maximum absolute atomic E-state index is 5.95. The summed E-state index contributed by atoms with van der Waals surface area (Å²) in [5.74, 6) is 1.52. The molecular weight excluding hydrogens is 148 g/mol. The Morgan fingerprint density at radius 1 is 1.33 bits per heavy atom. The van der Waals surface area contributed by atoms with E-state index < -0.39 is 0 Å². The fourth-order valence-electron chi connectivity index (χ4n) is 2.27. The summed E-state index contributed by atoms with van der Waals surface area (Å²) in [5.41, 5.74) is 0.116. The Morgan fingerprint density at radius 3 is 2.33 bits per heavy atom. The van der Waals surface area contributed by atoms with E-state index in [1.54, 1.807) is 0 Å². The molecule has 0 bridgehead atoms. The molecule has 0 spiro atoms. The first-order chi connectivity index (χ1) is 5.42. The Morgan fingerprint density at radius 2 is 1.92 bits per heavy atom. The van der Waals surface area contributed by atoms with Crippen LogP contribution < -0.4 is 0 Å². The molecule has 1 saturated heterocycles. The molecule has 1 nitrogen and oxygen atoms in total. The van der Waals surface area contributed by atoms with Crippen LogP contribution in [0.25, 0.3) is 0 Å². The Hall–Kier alpha value is -0.0400. The highest BCUT2D eigenvalue weighted by Crippen LogP contribution is 2.35. The van der Waals surface area contributed by atoms with E-state index in [-0.39, 0.29) is 5.60 Å². The molecule has 1 heterocycles. The number of hydrogen-bond donors (Lipinski definition) is 0. The zero-order valence-corrected chi connectivity index (χ0v) is 9.05. The van der Waals surface area contributed by atoms with Crippen molar-refractivity contribution in [1.82, 2.24) is 0 Å². The zero-order valence-electron chi connectivity index (χ0n) is 9.05. The molecule has 1 aliphatic heterocycles. The van der Waals surface area contributed by atoms with Gasteiger partial charge in [-0.15, -0.1) is 0 Å². The molecule has 1 heteroatoms. The zero-order chi connectivity index (χ0) is 9.35. The summed E-state index contributed by atoms with van der Waals surface area (Å²) in [5, 5.41) is 0. The van der Waals surface area contributed by atoms with Crippen molar-refractivity contribution in [3.63, 3.8) is 0 Å². The van der Waals surface area contributed by atoms with Crippen molar-refractivity contribution in [3.8, 4) is 0 Å². The summed E-state index contributed by atoms with van der Waals surface area (Å²) in [4.78, 5) is 0. The predicted octanol–water partition coefficient (Wildman–Crippen LogP) is 3.24. The van der Waals surface area contributed by atoms with Crippen molar-refractivity contribution in [3.05, 3.63) is 0 Å². The summed E-state index contributed by atoms with van der Waals surface area (Å²) < 4.78 is 5.95. The van der Waals surface area contributed by atoms with Crippen molar-refractivity contribution in [2.75, 3.05) is 0 Å². The molecule has 0 saturated carbocycles. The summed E-state index contributed by atoms with van der Waals surface area (Å²) >= 11 is 0. The first kappa shape index (κ1) is 10.0. The molecule has 2 atom stereocenters. The molecule has 72 valence electrons. The van der Waals surface area contributed by atoms with Gasteiger partial charge in [-0.3, -0.25) is 0 Å².